The summed E-state index contributed by atoms with van der Waals surface area (Å²) in [6.45, 7) is 1.07. The van der Waals surface area contributed by atoms with Crippen molar-refractivity contribution in [2.45, 2.75) is 24.1 Å². The van der Waals surface area contributed by atoms with E-state index in [-0.39, 0.29) is 17.7 Å². The van der Waals surface area contributed by atoms with E-state index in [1.807, 2.05) is 30.3 Å². The van der Waals surface area contributed by atoms with E-state index in [0.717, 1.165) is 18.5 Å². The molecule has 2 heterocycles. The van der Waals surface area contributed by atoms with Crippen LogP contribution in [-0.4, -0.2) is 15.0 Å². The third kappa shape index (κ3) is 3.33. The van der Waals surface area contributed by atoms with E-state index in [2.05, 4.69) is 15.6 Å². The summed E-state index contributed by atoms with van der Waals surface area (Å²) in [4.78, 5) is 0. The smallest absolute Gasteiger partial charge is 0.274 e. The molecule has 0 saturated carbocycles. The number of nitrogens with one attached hydrogen (secondary N) is 3. The molecule has 1 aliphatic rings. The van der Waals surface area contributed by atoms with Gasteiger partial charge in [0.1, 0.15) is 5.76 Å². The minimum absolute atomic E-state index is 0.0167. The fraction of sp³-hybridized carbons (Fsp3) is 0.286. The molecule has 3 rings (SSSR count). The molecule has 0 spiro atoms. The van der Waals surface area contributed by atoms with Crippen molar-refractivity contribution in [1.82, 2.24) is 15.6 Å². The molecular weight excluding hydrogens is 290 g/mol. The molecule has 1 aromatic heterocycles. The van der Waals surface area contributed by atoms with Crippen LogP contribution in [-0.2, 0) is 16.6 Å². The summed E-state index contributed by atoms with van der Waals surface area (Å²) in [7, 11) is -3.63. The van der Waals surface area contributed by atoms with Crippen LogP contribution in [0.25, 0.3) is 0 Å². The van der Waals surface area contributed by atoms with Gasteiger partial charge in [0, 0.05) is 13.1 Å². The molecule has 21 heavy (non-hydrogen) atoms. The Kier molecular flexibility index (Phi) is 4.07. The molecule has 1 atom stereocenters. The first-order valence-corrected chi connectivity index (χ1v) is 8.25. The van der Waals surface area contributed by atoms with Crippen LogP contribution in [0.15, 0.2) is 52.0 Å². The lowest BCUT2D eigenvalue weighted by Gasteiger charge is -2.06. The predicted molar refractivity (Wildman–Crippen MR) is 77.7 cm³/mol. The number of rotatable bonds is 5. The van der Waals surface area contributed by atoms with Crippen molar-refractivity contribution < 1.29 is 12.8 Å². The fourth-order valence-electron chi connectivity index (χ4n) is 2.21. The van der Waals surface area contributed by atoms with Gasteiger partial charge in [-0.1, -0.05) is 30.3 Å². The second-order valence-electron chi connectivity index (χ2n) is 4.88. The van der Waals surface area contributed by atoms with Crippen LogP contribution in [0.5, 0.6) is 0 Å². The van der Waals surface area contributed by atoms with Crippen molar-refractivity contribution in [2.75, 3.05) is 6.54 Å². The Morgan fingerprint density at radius 3 is 2.71 bits per heavy atom. The first-order valence-electron chi connectivity index (χ1n) is 6.77. The minimum Gasteiger partial charge on any atom is -0.447 e. The highest BCUT2D eigenvalue weighted by molar-refractivity contribution is 7.89. The minimum atomic E-state index is -3.63. The third-order valence-electron chi connectivity index (χ3n) is 3.35. The fourth-order valence-corrected chi connectivity index (χ4v) is 3.16. The quantitative estimate of drug-likeness (QED) is 0.775. The lowest BCUT2D eigenvalue weighted by atomic mass is 10.2. The first kappa shape index (κ1) is 14.3. The highest BCUT2D eigenvalue weighted by Gasteiger charge is 2.23. The van der Waals surface area contributed by atoms with E-state index in [4.69, 9.17) is 4.42 Å². The number of hydrogen-bond acceptors (Lipinski definition) is 5. The van der Waals surface area contributed by atoms with Crippen LogP contribution in [0, 0.1) is 0 Å². The van der Waals surface area contributed by atoms with Crippen molar-refractivity contribution in [3.05, 3.63) is 53.8 Å². The predicted octanol–water partition coefficient (Wildman–Crippen LogP) is 1.30. The van der Waals surface area contributed by atoms with Gasteiger partial charge in [-0.25, -0.2) is 18.6 Å². The van der Waals surface area contributed by atoms with Gasteiger partial charge in [-0.15, -0.1) is 0 Å². The second-order valence-corrected chi connectivity index (χ2v) is 6.58. The molecule has 0 amide bonds. The number of sulfonamides is 1. The molecule has 0 bridgehead atoms. The molecule has 2 aromatic rings. The summed E-state index contributed by atoms with van der Waals surface area (Å²) in [5.41, 5.74) is 6.92. The molecule has 1 unspecified atom stereocenters. The molecule has 112 valence electrons. The lowest BCUT2D eigenvalue weighted by Crippen LogP contribution is -2.24. The van der Waals surface area contributed by atoms with Gasteiger partial charge in [0.15, 0.2) is 0 Å². The van der Waals surface area contributed by atoms with Gasteiger partial charge < -0.3 is 4.42 Å². The maximum Gasteiger partial charge on any atom is 0.274 e. The number of furan rings is 1. The van der Waals surface area contributed by atoms with Crippen LogP contribution >= 0.6 is 0 Å². The van der Waals surface area contributed by atoms with Crippen LogP contribution in [0.3, 0.4) is 0 Å². The van der Waals surface area contributed by atoms with Crippen molar-refractivity contribution in [2.24, 2.45) is 0 Å². The average Bonchev–Trinajstić information content (AvgIpc) is 3.17. The molecule has 1 fully saturated rings. The van der Waals surface area contributed by atoms with Gasteiger partial charge in [0.2, 0.25) is 5.09 Å². The Hall–Kier alpha value is -1.67. The highest BCUT2D eigenvalue weighted by atomic mass is 32.2. The molecule has 6 nitrogen and oxygen atoms in total. The van der Waals surface area contributed by atoms with E-state index < -0.39 is 10.0 Å². The lowest BCUT2D eigenvalue weighted by molar-refractivity contribution is 0.371. The summed E-state index contributed by atoms with van der Waals surface area (Å²) in [5, 5.41) is -0.0536. The monoisotopic (exact) mass is 307 g/mol. The standard InChI is InChI=1S/C14H17N3O3S/c18-21(19,16-10-11-4-2-1-3-5-11)14-7-6-13(20-14)12-8-9-15-17-12/h1-7,12,15-17H,8-10H2. The third-order valence-corrected chi connectivity index (χ3v) is 4.63. The Bertz CT molecular complexity index is 691. The summed E-state index contributed by atoms with van der Waals surface area (Å²) >= 11 is 0. The summed E-state index contributed by atoms with van der Waals surface area (Å²) in [6, 6.07) is 12.6. The normalized spacial score (nSPS) is 19.0. The summed E-state index contributed by atoms with van der Waals surface area (Å²) in [5.74, 6) is 0.625. The van der Waals surface area contributed by atoms with Gasteiger partial charge in [0.05, 0.1) is 6.04 Å². The van der Waals surface area contributed by atoms with Crippen LogP contribution in [0.2, 0.25) is 0 Å². The van der Waals surface area contributed by atoms with Gasteiger partial charge in [-0.2, -0.15) is 0 Å². The Morgan fingerprint density at radius 2 is 2.00 bits per heavy atom. The van der Waals surface area contributed by atoms with Crippen LogP contribution in [0.1, 0.15) is 23.8 Å². The summed E-state index contributed by atoms with van der Waals surface area (Å²) < 4.78 is 32.4. The number of hydrazine groups is 1. The number of hydrogen-bond donors (Lipinski definition) is 3. The van der Waals surface area contributed by atoms with Gasteiger partial charge in [0.25, 0.3) is 10.0 Å². The van der Waals surface area contributed by atoms with E-state index in [1.54, 1.807) is 6.07 Å². The molecule has 3 N–H and O–H groups in total. The Balaban J connectivity index is 1.69. The molecule has 0 aliphatic carbocycles. The van der Waals surface area contributed by atoms with E-state index in [9.17, 15) is 8.42 Å². The topological polar surface area (TPSA) is 83.4 Å². The van der Waals surface area contributed by atoms with Crippen molar-refractivity contribution in [1.29, 1.82) is 0 Å². The van der Waals surface area contributed by atoms with E-state index in [0.29, 0.717) is 5.76 Å². The Morgan fingerprint density at radius 1 is 1.19 bits per heavy atom. The molecule has 1 saturated heterocycles. The zero-order valence-electron chi connectivity index (χ0n) is 11.4. The van der Waals surface area contributed by atoms with E-state index in [1.165, 1.54) is 6.07 Å². The number of benzene rings is 1. The van der Waals surface area contributed by atoms with Gasteiger partial charge in [-0.3, -0.25) is 5.43 Å². The van der Waals surface area contributed by atoms with E-state index >= 15 is 0 Å². The molecule has 1 aliphatic heterocycles. The average molecular weight is 307 g/mol. The van der Waals surface area contributed by atoms with Crippen LogP contribution in [0.4, 0.5) is 0 Å². The molecule has 1 aromatic carbocycles. The zero-order chi connectivity index (χ0) is 14.7. The molecule has 7 heteroatoms. The van der Waals surface area contributed by atoms with Gasteiger partial charge >= 0.3 is 0 Å². The molecular formula is C14H17N3O3S. The Labute approximate surface area is 123 Å². The highest BCUT2D eigenvalue weighted by Crippen LogP contribution is 2.23. The van der Waals surface area contributed by atoms with Crippen LogP contribution < -0.4 is 15.6 Å². The maximum absolute atomic E-state index is 12.2. The first-order chi connectivity index (χ1) is 10.1. The van der Waals surface area contributed by atoms with Crippen molar-refractivity contribution >= 4 is 10.0 Å². The molecule has 0 radical (unpaired) electrons. The SMILES string of the molecule is O=S(=O)(NCc1ccccc1)c1ccc(C2CCNN2)o1. The largest absolute Gasteiger partial charge is 0.447 e. The maximum atomic E-state index is 12.2. The summed E-state index contributed by atoms with van der Waals surface area (Å²) in [6.07, 6.45) is 0.866. The van der Waals surface area contributed by atoms with Crippen molar-refractivity contribution in [3.8, 4) is 0 Å². The van der Waals surface area contributed by atoms with Gasteiger partial charge in [-0.05, 0) is 24.1 Å². The zero-order valence-corrected chi connectivity index (χ0v) is 12.2. The van der Waals surface area contributed by atoms with Crippen molar-refractivity contribution in [3.63, 3.8) is 0 Å². The second kappa shape index (κ2) is 5.98.